The first-order valence-electron chi connectivity index (χ1n) is 11.7. The largest absolute Gasteiger partial charge is 1.00 e. The van der Waals surface area contributed by atoms with Crippen LogP contribution in [0.25, 0.3) is 0 Å². The van der Waals surface area contributed by atoms with E-state index in [0.717, 1.165) is 17.5 Å². The standard InChI is InChI=1S/C28H30F2O5S.Na/c1-3-4-20-27(23-16-10-6-11-17-23,24-18-12-7-13-19-24)26(2,22-14-8-5-9-15-22)25(31)35-21-28(29,30)36(32,33)34;/h5-19H,3-4,20-21H2,1-2H3,(H,32,33,34);/q;+1/p-1. The molecule has 37 heavy (non-hydrogen) atoms. The zero-order chi connectivity index (χ0) is 26.5. The van der Waals surface area contributed by atoms with E-state index < -0.39 is 38.8 Å². The van der Waals surface area contributed by atoms with Gasteiger partial charge in [0.25, 0.3) is 0 Å². The molecule has 0 radical (unpaired) electrons. The number of ether oxygens (including phenoxy) is 1. The van der Waals surface area contributed by atoms with E-state index in [-0.39, 0.29) is 29.6 Å². The van der Waals surface area contributed by atoms with Crippen LogP contribution in [0.15, 0.2) is 91.0 Å². The van der Waals surface area contributed by atoms with E-state index in [1.165, 1.54) is 0 Å². The molecule has 3 aromatic rings. The maximum Gasteiger partial charge on any atom is 1.00 e. The molecule has 0 fully saturated rings. The zero-order valence-corrected chi connectivity index (χ0v) is 24.0. The first-order valence-corrected chi connectivity index (χ1v) is 13.1. The van der Waals surface area contributed by atoms with Crippen LogP contribution in [0.3, 0.4) is 0 Å². The Morgan fingerprint density at radius 1 is 0.838 bits per heavy atom. The summed E-state index contributed by atoms with van der Waals surface area (Å²) in [6.07, 6.45) is 1.96. The topological polar surface area (TPSA) is 83.5 Å². The Morgan fingerprint density at radius 3 is 1.62 bits per heavy atom. The number of benzene rings is 3. The fourth-order valence-corrected chi connectivity index (χ4v) is 5.05. The summed E-state index contributed by atoms with van der Waals surface area (Å²) in [5.41, 5.74) is -0.593. The van der Waals surface area contributed by atoms with Crippen molar-refractivity contribution in [3.63, 3.8) is 0 Å². The van der Waals surface area contributed by atoms with Gasteiger partial charge < -0.3 is 9.29 Å². The molecule has 0 spiro atoms. The molecule has 192 valence electrons. The van der Waals surface area contributed by atoms with Crippen LogP contribution < -0.4 is 29.6 Å². The molecule has 1 unspecified atom stereocenters. The number of rotatable bonds is 11. The Kier molecular flexibility index (Phi) is 10.6. The van der Waals surface area contributed by atoms with Gasteiger partial charge in [-0.15, -0.1) is 0 Å². The van der Waals surface area contributed by atoms with Crippen molar-refractivity contribution in [2.45, 2.75) is 49.2 Å². The van der Waals surface area contributed by atoms with Gasteiger partial charge in [0.1, 0.15) is 5.41 Å². The van der Waals surface area contributed by atoms with Crippen LogP contribution in [0.4, 0.5) is 8.78 Å². The second-order valence-electron chi connectivity index (χ2n) is 8.90. The fraction of sp³-hybridized carbons (Fsp3) is 0.321. The molecule has 9 heteroatoms. The Morgan fingerprint density at radius 2 is 1.24 bits per heavy atom. The number of carbonyl (C=O) groups excluding carboxylic acids is 1. The number of hydrogen-bond donors (Lipinski definition) is 0. The normalized spacial score (nSPS) is 13.8. The van der Waals surface area contributed by atoms with Gasteiger partial charge in [-0.2, -0.15) is 8.78 Å². The van der Waals surface area contributed by atoms with Gasteiger partial charge in [-0.3, -0.25) is 4.79 Å². The van der Waals surface area contributed by atoms with Crippen LogP contribution in [0.2, 0.25) is 0 Å². The molecule has 0 saturated heterocycles. The Hall–Kier alpha value is -2.10. The van der Waals surface area contributed by atoms with Gasteiger partial charge >= 0.3 is 40.8 Å². The minimum Gasteiger partial charge on any atom is -0.743 e. The number of alkyl halides is 2. The molecule has 0 amide bonds. The number of halogens is 2. The molecule has 0 saturated carbocycles. The van der Waals surface area contributed by atoms with Gasteiger partial charge in [-0.1, -0.05) is 111 Å². The molecular formula is C28H29F2NaO5S. The smallest absolute Gasteiger partial charge is 0.743 e. The van der Waals surface area contributed by atoms with E-state index in [2.05, 4.69) is 0 Å². The molecule has 0 aliphatic carbocycles. The molecule has 3 aromatic carbocycles. The summed E-state index contributed by atoms with van der Waals surface area (Å²) in [5, 5.41) is -4.76. The molecule has 0 aliphatic rings. The van der Waals surface area contributed by atoms with Crippen molar-refractivity contribution in [1.29, 1.82) is 0 Å². The number of esters is 1. The van der Waals surface area contributed by atoms with Gasteiger partial charge in [0.2, 0.25) is 0 Å². The molecule has 0 bridgehead atoms. The van der Waals surface area contributed by atoms with E-state index in [1.54, 1.807) is 37.3 Å². The molecule has 0 aromatic heterocycles. The van der Waals surface area contributed by atoms with Crippen LogP contribution in [0.5, 0.6) is 0 Å². The number of unbranched alkanes of at least 4 members (excludes halogenated alkanes) is 1. The maximum absolute atomic E-state index is 14.0. The van der Waals surface area contributed by atoms with E-state index in [9.17, 15) is 26.5 Å². The average molecular weight is 539 g/mol. The van der Waals surface area contributed by atoms with Crippen molar-refractivity contribution < 1.29 is 60.8 Å². The minimum absolute atomic E-state index is 0. The maximum atomic E-state index is 14.0. The molecule has 3 rings (SSSR count). The summed E-state index contributed by atoms with van der Waals surface area (Å²) in [7, 11) is -6.02. The van der Waals surface area contributed by atoms with Crippen molar-refractivity contribution >= 4 is 16.1 Å². The van der Waals surface area contributed by atoms with Gasteiger partial charge in [0.15, 0.2) is 16.7 Å². The third-order valence-electron chi connectivity index (χ3n) is 6.79. The molecule has 0 heterocycles. The predicted molar refractivity (Wildman–Crippen MR) is 133 cm³/mol. The third kappa shape index (κ3) is 6.15. The third-order valence-corrected chi connectivity index (χ3v) is 7.64. The molecule has 0 N–H and O–H groups in total. The van der Waals surface area contributed by atoms with E-state index in [1.807, 2.05) is 67.6 Å². The summed E-state index contributed by atoms with van der Waals surface area (Å²) in [6, 6.07) is 27.3. The van der Waals surface area contributed by atoms with E-state index in [0.29, 0.717) is 18.4 Å². The van der Waals surface area contributed by atoms with Crippen molar-refractivity contribution in [3.05, 3.63) is 108 Å². The summed E-state index contributed by atoms with van der Waals surface area (Å²) in [6.45, 7) is 1.77. The van der Waals surface area contributed by atoms with Crippen LogP contribution in [-0.2, 0) is 30.5 Å². The molecule has 0 aliphatic heterocycles. The van der Waals surface area contributed by atoms with Gasteiger partial charge in [-0.25, -0.2) is 8.42 Å². The van der Waals surface area contributed by atoms with Crippen molar-refractivity contribution in [1.82, 2.24) is 0 Å². The molecular weight excluding hydrogens is 509 g/mol. The van der Waals surface area contributed by atoms with Crippen molar-refractivity contribution in [3.8, 4) is 0 Å². The van der Waals surface area contributed by atoms with Crippen LogP contribution >= 0.6 is 0 Å². The Labute approximate surface area is 239 Å². The quantitative estimate of drug-likeness (QED) is 0.213. The summed E-state index contributed by atoms with van der Waals surface area (Å²) in [4.78, 5) is 13.9. The van der Waals surface area contributed by atoms with Crippen molar-refractivity contribution in [2.75, 3.05) is 6.61 Å². The number of hydrogen-bond acceptors (Lipinski definition) is 5. The molecule has 5 nitrogen and oxygen atoms in total. The average Bonchev–Trinajstić information content (AvgIpc) is 2.88. The number of carbonyl (C=O) groups is 1. The van der Waals surface area contributed by atoms with Crippen LogP contribution in [-0.4, -0.2) is 30.8 Å². The summed E-state index contributed by atoms with van der Waals surface area (Å²) < 4.78 is 66.3. The monoisotopic (exact) mass is 538 g/mol. The first-order chi connectivity index (χ1) is 17.0. The summed E-state index contributed by atoms with van der Waals surface area (Å²) >= 11 is 0. The summed E-state index contributed by atoms with van der Waals surface area (Å²) in [5.74, 6) is -1.05. The Bertz CT molecular complexity index is 1220. The SMILES string of the molecule is CCCCC(c1ccccc1)(c1ccccc1)C(C)(C(=O)OCC(F)(F)S(=O)(=O)[O-])c1ccccc1.[Na+]. The van der Waals surface area contributed by atoms with Gasteiger partial charge in [0, 0.05) is 5.41 Å². The predicted octanol–water partition coefficient (Wildman–Crippen LogP) is 2.81. The fourth-order valence-electron chi connectivity index (χ4n) is 4.85. The van der Waals surface area contributed by atoms with Crippen molar-refractivity contribution in [2.24, 2.45) is 0 Å². The molecule has 1 atom stereocenters. The zero-order valence-electron chi connectivity index (χ0n) is 21.2. The second kappa shape index (κ2) is 12.6. The van der Waals surface area contributed by atoms with Gasteiger partial charge in [-0.05, 0) is 30.0 Å². The minimum atomic E-state index is -6.02. The second-order valence-corrected chi connectivity index (χ2v) is 10.4. The van der Waals surface area contributed by atoms with E-state index >= 15 is 0 Å². The van der Waals surface area contributed by atoms with Crippen LogP contribution in [0.1, 0.15) is 49.8 Å². The first kappa shape index (κ1) is 31.1. The van der Waals surface area contributed by atoms with Gasteiger partial charge in [0.05, 0.1) is 0 Å². The van der Waals surface area contributed by atoms with Crippen LogP contribution in [0, 0.1) is 0 Å². The Balaban J connectivity index is 0.00000481. The van der Waals surface area contributed by atoms with E-state index in [4.69, 9.17) is 4.74 Å².